The third-order valence-corrected chi connectivity index (χ3v) is 3.74. The van der Waals surface area contributed by atoms with Gasteiger partial charge < -0.3 is 19.5 Å². The number of rotatable bonds is 7. The molecule has 0 bridgehead atoms. The molecule has 22 heavy (non-hydrogen) atoms. The van der Waals surface area contributed by atoms with Crippen LogP contribution in [0.4, 0.5) is 0 Å². The Morgan fingerprint density at radius 2 is 1.50 bits per heavy atom. The average molecular weight is 322 g/mol. The molecule has 0 aliphatic rings. The first-order valence-electron chi connectivity index (χ1n) is 6.93. The van der Waals surface area contributed by atoms with Crippen molar-refractivity contribution < 1.29 is 14.2 Å². The Bertz CT molecular complexity index is 631. The number of benzene rings is 2. The molecule has 0 amide bonds. The molecule has 0 spiro atoms. The van der Waals surface area contributed by atoms with Crippen LogP contribution in [0, 0.1) is 0 Å². The van der Waals surface area contributed by atoms with E-state index in [0.29, 0.717) is 30.3 Å². The van der Waals surface area contributed by atoms with Crippen molar-refractivity contribution in [2.24, 2.45) is 0 Å². The van der Waals surface area contributed by atoms with Crippen molar-refractivity contribution >= 4 is 11.6 Å². The number of methoxy groups -OCH3 is 3. The van der Waals surface area contributed by atoms with Gasteiger partial charge in [-0.1, -0.05) is 35.9 Å². The molecule has 0 radical (unpaired) electrons. The number of hydrogen-bond acceptors (Lipinski definition) is 4. The summed E-state index contributed by atoms with van der Waals surface area (Å²) >= 11 is 6.15. The highest BCUT2D eigenvalue weighted by molar-refractivity contribution is 6.31. The van der Waals surface area contributed by atoms with E-state index in [9.17, 15) is 0 Å². The zero-order valence-electron chi connectivity index (χ0n) is 13.0. The molecule has 0 aromatic heterocycles. The van der Waals surface area contributed by atoms with Gasteiger partial charge in [-0.3, -0.25) is 0 Å². The van der Waals surface area contributed by atoms with E-state index in [1.165, 1.54) is 0 Å². The summed E-state index contributed by atoms with van der Waals surface area (Å²) in [5.74, 6) is 1.92. The van der Waals surface area contributed by atoms with Crippen LogP contribution < -0.4 is 19.5 Å². The summed E-state index contributed by atoms with van der Waals surface area (Å²) in [6.45, 7) is 1.31. The van der Waals surface area contributed by atoms with Crippen LogP contribution in [0.15, 0.2) is 36.4 Å². The topological polar surface area (TPSA) is 39.7 Å². The fourth-order valence-corrected chi connectivity index (χ4v) is 2.48. The Kier molecular flexibility index (Phi) is 5.92. The maximum Gasteiger partial charge on any atom is 0.203 e. The molecule has 2 aromatic carbocycles. The summed E-state index contributed by atoms with van der Waals surface area (Å²) in [5, 5.41) is 4.12. The maximum atomic E-state index is 6.15. The van der Waals surface area contributed by atoms with E-state index < -0.39 is 0 Å². The smallest absolute Gasteiger partial charge is 0.203 e. The second-order valence-electron chi connectivity index (χ2n) is 4.69. The molecule has 0 atom stereocenters. The van der Waals surface area contributed by atoms with E-state index in [2.05, 4.69) is 5.32 Å². The third-order valence-electron chi connectivity index (χ3n) is 3.37. The van der Waals surface area contributed by atoms with E-state index in [0.717, 1.165) is 16.1 Å². The van der Waals surface area contributed by atoms with E-state index in [4.69, 9.17) is 25.8 Å². The summed E-state index contributed by atoms with van der Waals surface area (Å²) < 4.78 is 16.1. The van der Waals surface area contributed by atoms with Crippen LogP contribution in [0.3, 0.4) is 0 Å². The fourth-order valence-electron chi connectivity index (χ4n) is 2.28. The Morgan fingerprint density at radius 1 is 0.818 bits per heavy atom. The van der Waals surface area contributed by atoms with Crippen molar-refractivity contribution in [2.75, 3.05) is 21.3 Å². The van der Waals surface area contributed by atoms with Crippen molar-refractivity contribution in [3.05, 3.63) is 52.5 Å². The molecule has 0 saturated carbocycles. The molecule has 118 valence electrons. The Labute approximate surface area is 136 Å². The molecule has 0 heterocycles. The number of ether oxygens (including phenoxy) is 3. The van der Waals surface area contributed by atoms with Gasteiger partial charge in [0.25, 0.3) is 0 Å². The molecule has 1 N–H and O–H groups in total. The van der Waals surface area contributed by atoms with Gasteiger partial charge in [0.15, 0.2) is 11.5 Å². The van der Waals surface area contributed by atoms with Gasteiger partial charge >= 0.3 is 0 Å². The molecule has 0 aliphatic carbocycles. The standard InChI is InChI=1S/C17H20ClNO3/c1-20-15-9-8-13(16(21-2)17(15)22-3)11-19-10-12-6-4-5-7-14(12)18/h4-9,19H,10-11H2,1-3H3. The SMILES string of the molecule is COc1ccc(CNCc2ccccc2Cl)c(OC)c1OC. The van der Waals surface area contributed by atoms with Gasteiger partial charge in [0.1, 0.15) is 0 Å². The van der Waals surface area contributed by atoms with E-state index >= 15 is 0 Å². The molecule has 0 unspecified atom stereocenters. The highest BCUT2D eigenvalue weighted by atomic mass is 35.5. The molecule has 5 heteroatoms. The van der Waals surface area contributed by atoms with Crippen LogP contribution in [0.2, 0.25) is 5.02 Å². The minimum atomic E-state index is 0.599. The monoisotopic (exact) mass is 321 g/mol. The highest BCUT2D eigenvalue weighted by Gasteiger charge is 2.15. The fraction of sp³-hybridized carbons (Fsp3) is 0.294. The zero-order chi connectivity index (χ0) is 15.9. The maximum absolute atomic E-state index is 6.15. The van der Waals surface area contributed by atoms with Crippen molar-refractivity contribution in [3.63, 3.8) is 0 Å². The van der Waals surface area contributed by atoms with Crippen LogP contribution in [-0.2, 0) is 13.1 Å². The van der Waals surface area contributed by atoms with Crippen molar-refractivity contribution in [1.29, 1.82) is 0 Å². The first kappa shape index (κ1) is 16.5. The lowest BCUT2D eigenvalue weighted by atomic mass is 10.1. The van der Waals surface area contributed by atoms with Gasteiger partial charge in [-0.2, -0.15) is 0 Å². The molecular formula is C17H20ClNO3. The Morgan fingerprint density at radius 3 is 2.14 bits per heavy atom. The second kappa shape index (κ2) is 7.92. The van der Waals surface area contributed by atoms with Crippen molar-refractivity contribution in [2.45, 2.75) is 13.1 Å². The van der Waals surface area contributed by atoms with Gasteiger partial charge in [0.05, 0.1) is 21.3 Å². The van der Waals surface area contributed by atoms with Crippen LogP contribution >= 0.6 is 11.6 Å². The van der Waals surface area contributed by atoms with Crippen molar-refractivity contribution in [3.8, 4) is 17.2 Å². The molecule has 2 rings (SSSR count). The van der Waals surface area contributed by atoms with Crippen molar-refractivity contribution in [1.82, 2.24) is 5.32 Å². The minimum Gasteiger partial charge on any atom is -0.493 e. The molecule has 0 aliphatic heterocycles. The van der Waals surface area contributed by atoms with Gasteiger partial charge in [0, 0.05) is 23.7 Å². The molecule has 4 nitrogen and oxygen atoms in total. The molecular weight excluding hydrogens is 302 g/mol. The summed E-state index contributed by atoms with van der Waals surface area (Å²) in [6.07, 6.45) is 0. The van der Waals surface area contributed by atoms with Gasteiger partial charge in [-0.05, 0) is 17.7 Å². The quantitative estimate of drug-likeness (QED) is 0.845. The number of nitrogens with one attached hydrogen (secondary N) is 1. The molecule has 0 fully saturated rings. The third kappa shape index (κ3) is 3.64. The van der Waals surface area contributed by atoms with Gasteiger partial charge in [0.2, 0.25) is 5.75 Å². The lowest BCUT2D eigenvalue weighted by Crippen LogP contribution is -2.14. The average Bonchev–Trinajstić information content (AvgIpc) is 2.55. The van der Waals surface area contributed by atoms with E-state index in [-0.39, 0.29) is 0 Å². The molecule has 2 aromatic rings. The summed E-state index contributed by atoms with van der Waals surface area (Å²) in [5.41, 5.74) is 2.05. The Balaban J connectivity index is 2.11. The van der Waals surface area contributed by atoms with E-state index in [1.54, 1.807) is 21.3 Å². The van der Waals surface area contributed by atoms with E-state index in [1.807, 2.05) is 36.4 Å². The minimum absolute atomic E-state index is 0.599. The van der Waals surface area contributed by atoms with Crippen LogP contribution in [0.25, 0.3) is 0 Å². The normalized spacial score (nSPS) is 10.4. The summed E-state index contributed by atoms with van der Waals surface area (Å²) in [7, 11) is 4.82. The Hall–Kier alpha value is -1.91. The first-order chi connectivity index (χ1) is 10.7. The first-order valence-corrected chi connectivity index (χ1v) is 7.31. The highest BCUT2D eigenvalue weighted by Crippen LogP contribution is 2.39. The van der Waals surface area contributed by atoms with Gasteiger partial charge in [-0.25, -0.2) is 0 Å². The molecule has 0 saturated heterocycles. The predicted molar refractivity (Wildman–Crippen MR) is 88.1 cm³/mol. The van der Waals surface area contributed by atoms with Crippen LogP contribution in [-0.4, -0.2) is 21.3 Å². The zero-order valence-corrected chi connectivity index (χ0v) is 13.7. The van der Waals surface area contributed by atoms with Gasteiger partial charge in [-0.15, -0.1) is 0 Å². The van der Waals surface area contributed by atoms with Crippen LogP contribution in [0.1, 0.15) is 11.1 Å². The summed E-state index contributed by atoms with van der Waals surface area (Å²) in [6, 6.07) is 11.6. The number of hydrogen-bond donors (Lipinski definition) is 1. The lowest BCUT2D eigenvalue weighted by Gasteiger charge is -2.16. The predicted octanol–water partition coefficient (Wildman–Crippen LogP) is 3.66. The second-order valence-corrected chi connectivity index (χ2v) is 5.10. The van der Waals surface area contributed by atoms with Crippen LogP contribution in [0.5, 0.6) is 17.2 Å². The largest absolute Gasteiger partial charge is 0.493 e. The number of halogens is 1. The lowest BCUT2D eigenvalue weighted by molar-refractivity contribution is 0.321. The summed E-state index contributed by atoms with van der Waals surface area (Å²) in [4.78, 5) is 0.